The lowest BCUT2D eigenvalue weighted by Gasteiger charge is -2.31. The molecule has 0 fully saturated rings. The summed E-state index contributed by atoms with van der Waals surface area (Å²) in [6, 6.07) is 21.2. The van der Waals surface area contributed by atoms with E-state index in [-0.39, 0.29) is 16.2 Å². The van der Waals surface area contributed by atoms with Gasteiger partial charge in [0, 0.05) is 23.7 Å². The molecule has 0 saturated carbocycles. The number of rotatable bonds is 5. The summed E-state index contributed by atoms with van der Waals surface area (Å²) >= 11 is 0. The number of methoxy groups -OCH3 is 1. The fraction of sp³-hybridized carbons (Fsp3) is 0.154. The number of anilines is 2. The molecule has 0 aliphatic carbocycles. The molecule has 0 atom stereocenters. The molecule has 7 nitrogen and oxygen atoms in total. The van der Waals surface area contributed by atoms with Gasteiger partial charge in [0.15, 0.2) is 0 Å². The number of amides is 1. The van der Waals surface area contributed by atoms with Crippen molar-refractivity contribution in [3.05, 3.63) is 90.1 Å². The molecule has 8 heteroatoms. The molecule has 3 aromatic carbocycles. The van der Waals surface area contributed by atoms with Crippen molar-refractivity contribution in [2.24, 2.45) is 0 Å². The van der Waals surface area contributed by atoms with Gasteiger partial charge in [0.2, 0.25) is 0 Å². The van der Waals surface area contributed by atoms with Gasteiger partial charge < -0.3 is 10.1 Å². The predicted octanol–water partition coefficient (Wildman–Crippen LogP) is 4.64. The summed E-state index contributed by atoms with van der Waals surface area (Å²) in [5.41, 5.74) is 3.05. The van der Waals surface area contributed by atoms with Crippen LogP contribution in [0.15, 0.2) is 83.9 Å². The van der Waals surface area contributed by atoms with Crippen LogP contribution in [0, 0.1) is 0 Å². The molecule has 0 spiro atoms. The minimum absolute atomic E-state index is 0.0459. The first-order valence-electron chi connectivity index (χ1n) is 10.9. The second-order valence-corrected chi connectivity index (χ2v) is 9.84. The average molecular weight is 474 g/mol. The van der Waals surface area contributed by atoms with Crippen LogP contribution in [0.4, 0.5) is 11.4 Å². The Kier molecular flexibility index (Phi) is 5.67. The molecule has 1 aliphatic rings. The quantitative estimate of drug-likeness (QED) is 0.456. The Morgan fingerprint density at radius 2 is 1.85 bits per heavy atom. The van der Waals surface area contributed by atoms with Crippen molar-refractivity contribution in [2.45, 2.75) is 17.7 Å². The van der Waals surface area contributed by atoms with Crippen LogP contribution in [-0.2, 0) is 16.4 Å². The highest BCUT2D eigenvalue weighted by atomic mass is 32.2. The number of aromatic nitrogens is 1. The Bertz CT molecular complexity index is 1500. The highest BCUT2D eigenvalue weighted by Crippen LogP contribution is 2.35. The topological polar surface area (TPSA) is 88.6 Å². The molecule has 0 unspecified atom stereocenters. The van der Waals surface area contributed by atoms with Gasteiger partial charge in [-0.05, 0) is 54.8 Å². The maximum absolute atomic E-state index is 13.7. The van der Waals surface area contributed by atoms with E-state index >= 15 is 0 Å². The van der Waals surface area contributed by atoms with Crippen LogP contribution < -0.4 is 14.4 Å². The molecule has 1 aromatic heterocycles. The predicted molar refractivity (Wildman–Crippen MR) is 132 cm³/mol. The smallest absolute Gasteiger partial charge is 0.268 e. The lowest BCUT2D eigenvalue weighted by Crippen LogP contribution is -2.35. The van der Waals surface area contributed by atoms with E-state index in [1.54, 1.807) is 18.3 Å². The van der Waals surface area contributed by atoms with Crippen LogP contribution in [0.1, 0.15) is 22.3 Å². The molecule has 1 N–H and O–H groups in total. The van der Waals surface area contributed by atoms with E-state index in [9.17, 15) is 13.2 Å². The molecule has 2 heterocycles. The zero-order chi connectivity index (χ0) is 23.7. The first kappa shape index (κ1) is 21.9. The summed E-state index contributed by atoms with van der Waals surface area (Å²) in [4.78, 5) is 17.4. The van der Waals surface area contributed by atoms with Crippen molar-refractivity contribution >= 4 is 38.2 Å². The highest BCUT2D eigenvalue weighted by molar-refractivity contribution is 7.93. The van der Waals surface area contributed by atoms with Crippen molar-refractivity contribution in [2.75, 3.05) is 23.3 Å². The van der Waals surface area contributed by atoms with E-state index in [2.05, 4.69) is 10.3 Å². The monoisotopic (exact) mass is 473 g/mol. The number of carbonyl (C=O) groups is 1. The zero-order valence-corrected chi connectivity index (χ0v) is 19.4. The number of hydrogen-bond donors (Lipinski definition) is 1. The normalized spacial score (nSPS) is 13.4. The van der Waals surface area contributed by atoms with Crippen LogP contribution in [0.3, 0.4) is 0 Å². The van der Waals surface area contributed by atoms with Crippen LogP contribution >= 0.6 is 0 Å². The molecule has 0 radical (unpaired) electrons. The van der Waals surface area contributed by atoms with Gasteiger partial charge in [0.25, 0.3) is 15.9 Å². The molecule has 0 saturated heterocycles. The second kappa shape index (κ2) is 8.79. The van der Waals surface area contributed by atoms with Crippen LogP contribution in [0.2, 0.25) is 0 Å². The molecular formula is C26H23N3O4S. The van der Waals surface area contributed by atoms with Gasteiger partial charge in [-0.25, -0.2) is 8.42 Å². The molecule has 4 aromatic rings. The largest absolute Gasteiger partial charge is 0.495 e. The number of hydrogen-bond acceptors (Lipinski definition) is 5. The van der Waals surface area contributed by atoms with E-state index < -0.39 is 15.9 Å². The molecule has 1 amide bonds. The number of para-hydroxylation sites is 2. The maximum atomic E-state index is 13.7. The molecule has 1 aliphatic heterocycles. The van der Waals surface area contributed by atoms with Crippen LogP contribution in [0.5, 0.6) is 5.75 Å². The Morgan fingerprint density at radius 1 is 1.03 bits per heavy atom. The Labute approximate surface area is 198 Å². The van der Waals surface area contributed by atoms with Gasteiger partial charge in [-0.2, -0.15) is 0 Å². The summed E-state index contributed by atoms with van der Waals surface area (Å²) < 4.78 is 34.3. The van der Waals surface area contributed by atoms with Crippen molar-refractivity contribution in [3.63, 3.8) is 0 Å². The first-order valence-corrected chi connectivity index (χ1v) is 12.4. The van der Waals surface area contributed by atoms with Crippen LogP contribution in [-0.4, -0.2) is 33.0 Å². The molecule has 0 bridgehead atoms. The van der Waals surface area contributed by atoms with Crippen molar-refractivity contribution in [1.29, 1.82) is 0 Å². The zero-order valence-electron chi connectivity index (χ0n) is 18.6. The van der Waals surface area contributed by atoms with Gasteiger partial charge in [-0.3, -0.25) is 14.1 Å². The maximum Gasteiger partial charge on any atom is 0.268 e. The van der Waals surface area contributed by atoms with E-state index in [4.69, 9.17) is 4.74 Å². The van der Waals surface area contributed by atoms with Crippen LogP contribution in [0.25, 0.3) is 10.9 Å². The molecule has 172 valence electrons. The fourth-order valence-electron chi connectivity index (χ4n) is 4.29. The summed E-state index contributed by atoms with van der Waals surface area (Å²) in [5, 5.41) is 3.75. The Balaban J connectivity index is 1.53. The number of pyridine rings is 1. The third-order valence-electron chi connectivity index (χ3n) is 5.94. The minimum atomic E-state index is -3.97. The number of carbonyl (C=O) groups excluding carboxylic acids is 1. The Hall–Kier alpha value is -3.91. The van der Waals surface area contributed by atoms with Crippen molar-refractivity contribution < 1.29 is 17.9 Å². The minimum Gasteiger partial charge on any atom is -0.495 e. The van der Waals surface area contributed by atoms with E-state index in [1.807, 2.05) is 48.5 Å². The number of aryl methyl sites for hydroxylation is 1. The van der Waals surface area contributed by atoms with Gasteiger partial charge in [0.1, 0.15) is 10.6 Å². The summed E-state index contributed by atoms with van der Waals surface area (Å²) in [5.74, 6) is -0.247. The fourth-order valence-corrected chi connectivity index (χ4v) is 6.01. The average Bonchev–Trinajstić information content (AvgIpc) is 2.88. The van der Waals surface area contributed by atoms with Crippen molar-refractivity contribution in [3.8, 4) is 5.75 Å². The summed E-state index contributed by atoms with van der Waals surface area (Å²) in [7, 11) is -2.55. The number of sulfonamides is 1. The van der Waals surface area contributed by atoms with E-state index in [0.29, 0.717) is 29.9 Å². The summed E-state index contributed by atoms with van der Waals surface area (Å²) in [6.07, 6.45) is 3.19. The van der Waals surface area contributed by atoms with E-state index in [1.165, 1.54) is 23.5 Å². The number of nitrogens with zero attached hydrogens (tertiary/aromatic N) is 2. The van der Waals surface area contributed by atoms with E-state index in [0.717, 1.165) is 17.4 Å². The van der Waals surface area contributed by atoms with Gasteiger partial charge in [-0.1, -0.05) is 36.4 Å². The number of benzene rings is 3. The lowest BCUT2D eigenvalue weighted by molar-refractivity contribution is 0.102. The Morgan fingerprint density at radius 3 is 2.71 bits per heavy atom. The third kappa shape index (κ3) is 3.86. The standard InChI is InChI=1S/C26H23N3O4S/c1-33-23-14-13-20(26(30)28-21-11-4-8-19-9-5-15-27-25(19)21)17-24(23)34(31,32)29-16-6-10-18-7-2-3-12-22(18)29/h2-5,7-9,11-15,17H,6,10,16H2,1H3,(H,28,30). The highest BCUT2D eigenvalue weighted by Gasteiger charge is 2.32. The number of ether oxygens (including phenoxy) is 1. The molecular weight excluding hydrogens is 450 g/mol. The number of nitrogens with one attached hydrogen (secondary N) is 1. The first-order chi connectivity index (χ1) is 16.5. The van der Waals surface area contributed by atoms with Gasteiger partial charge >= 0.3 is 0 Å². The third-order valence-corrected chi connectivity index (χ3v) is 7.78. The SMILES string of the molecule is COc1ccc(C(=O)Nc2cccc3cccnc23)cc1S(=O)(=O)N1CCCc2ccccc21. The summed E-state index contributed by atoms with van der Waals surface area (Å²) in [6.45, 7) is 0.362. The van der Waals surface area contributed by atoms with Gasteiger partial charge in [0.05, 0.1) is 24.0 Å². The number of fused-ring (bicyclic) bond motifs is 2. The van der Waals surface area contributed by atoms with Gasteiger partial charge in [-0.15, -0.1) is 0 Å². The molecule has 34 heavy (non-hydrogen) atoms. The second-order valence-electron chi connectivity index (χ2n) is 8.01. The lowest BCUT2D eigenvalue weighted by atomic mass is 10.0. The molecule has 5 rings (SSSR count). The van der Waals surface area contributed by atoms with Crippen molar-refractivity contribution in [1.82, 2.24) is 4.98 Å².